The van der Waals surface area contributed by atoms with Crippen LogP contribution in [-0.2, 0) is 6.42 Å². The summed E-state index contributed by atoms with van der Waals surface area (Å²) in [6.45, 7) is 0. The second-order valence-corrected chi connectivity index (χ2v) is 8.56. The minimum absolute atomic E-state index is 0.0739. The molecule has 4 rings (SSSR count). The molecule has 0 aliphatic carbocycles. The number of nitrogens with one attached hydrogen (secondary N) is 2. The normalized spacial score (nSPS) is 11.9. The molecule has 1 heterocycles. The highest BCUT2D eigenvalue weighted by molar-refractivity contribution is 9.10. The van der Waals surface area contributed by atoms with Crippen LogP contribution < -0.4 is 10.8 Å². The average Bonchev–Trinajstić information content (AvgIpc) is 3.17. The molecule has 0 saturated carbocycles. The van der Waals surface area contributed by atoms with E-state index in [1.807, 2.05) is 18.2 Å². The number of hydrogen-bond donors (Lipinski definition) is 3. The van der Waals surface area contributed by atoms with Crippen molar-refractivity contribution >= 4 is 48.9 Å². The zero-order valence-corrected chi connectivity index (χ0v) is 17.8. The molecule has 0 aliphatic rings. The molecule has 0 aliphatic heterocycles. The van der Waals surface area contributed by atoms with Gasteiger partial charge in [-0.15, -0.1) is 11.3 Å². The monoisotopic (exact) mass is 466 g/mol. The van der Waals surface area contributed by atoms with E-state index >= 15 is 0 Å². The van der Waals surface area contributed by atoms with E-state index in [0.717, 1.165) is 16.6 Å². The molecule has 4 nitrogen and oxygen atoms in total. The van der Waals surface area contributed by atoms with Crippen LogP contribution in [0.4, 0.5) is 5.69 Å². The molecule has 1 unspecified atom stereocenters. The summed E-state index contributed by atoms with van der Waals surface area (Å²) >= 11 is 5.29. The number of hydroxylamine groups is 1. The first-order valence-electron chi connectivity index (χ1n) is 9.15. The lowest BCUT2D eigenvalue weighted by atomic mass is 9.98. The van der Waals surface area contributed by atoms with Gasteiger partial charge in [0.15, 0.2) is 0 Å². The van der Waals surface area contributed by atoms with Gasteiger partial charge in [0.05, 0.1) is 6.04 Å². The minimum atomic E-state index is -0.521. The van der Waals surface area contributed by atoms with Crippen LogP contribution in [0.2, 0.25) is 0 Å². The van der Waals surface area contributed by atoms with Crippen molar-refractivity contribution in [1.82, 2.24) is 5.48 Å². The summed E-state index contributed by atoms with van der Waals surface area (Å²) in [5.41, 5.74) is 5.48. The third-order valence-corrected chi connectivity index (χ3v) is 6.27. The fourth-order valence-electron chi connectivity index (χ4n) is 3.36. The zero-order valence-electron chi connectivity index (χ0n) is 15.4. The molecular formula is C23H19BrN2O2S. The van der Waals surface area contributed by atoms with Gasteiger partial charge in [0, 0.05) is 20.4 Å². The molecule has 29 heavy (non-hydrogen) atoms. The number of fused-ring (bicyclic) bond motifs is 1. The quantitative estimate of drug-likeness (QED) is 0.235. The molecule has 3 N–H and O–H groups in total. The molecule has 0 spiro atoms. The second kappa shape index (κ2) is 8.78. The highest BCUT2D eigenvalue weighted by Crippen LogP contribution is 2.35. The highest BCUT2D eigenvalue weighted by atomic mass is 79.9. The van der Waals surface area contributed by atoms with Crippen molar-refractivity contribution in [2.24, 2.45) is 0 Å². The lowest BCUT2D eigenvalue weighted by molar-refractivity contribution is 0.0706. The third kappa shape index (κ3) is 4.50. The van der Waals surface area contributed by atoms with Gasteiger partial charge in [0.2, 0.25) is 0 Å². The lowest BCUT2D eigenvalue weighted by Crippen LogP contribution is -2.18. The van der Waals surface area contributed by atoms with Gasteiger partial charge in [-0.3, -0.25) is 10.0 Å². The van der Waals surface area contributed by atoms with Gasteiger partial charge in [0.25, 0.3) is 5.91 Å². The van der Waals surface area contributed by atoms with Gasteiger partial charge >= 0.3 is 0 Å². The number of benzene rings is 3. The summed E-state index contributed by atoms with van der Waals surface area (Å²) in [7, 11) is 0. The Balaban J connectivity index is 1.67. The topological polar surface area (TPSA) is 61.4 Å². The number of rotatable bonds is 6. The standard InChI is InChI=1S/C23H19BrN2O2S/c24-17-8-11-19-20(14-29-22(19)13-17)21(12-15-4-2-1-3-5-15)25-18-9-6-16(7-10-18)23(27)26-28/h1-11,13-14,21,25,28H,12H2,(H,26,27). The summed E-state index contributed by atoms with van der Waals surface area (Å²) in [5.74, 6) is -0.521. The number of thiophene rings is 1. The Bertz CT molecular complexity index is 1130. The Morgan fingerprint density at radius 3 is 2.52 bits per heavy atom. The molecule has 1 atom stereocenters. The van der Waals surface area contributed by atoms with E-state index in [1.165, 1.54) is 21.2 Å². The summed E-state index contributed by atoms with van der Waals surface area (Å²) < 4.78 is 2.31. The first-order valence-corrected chi connectivity index (χ1v) is 10.8. The van der Waals surface area contributed by atoms with Crippen LogP contribution in [0, 0.1) is 0 Å². The van der Waals surface area contributed by atoms with Crippen molar-refractivity contribution in [2.45, 2.75) is 12.5 Å². The van der Waals surface area contributed by atoms with Gasteiger partial charge in [-0.25, -0.2) is 5.48 Å². The van der Waals surface area contributed by atoms with Crippen LogP contribution >= 0.6 is 27.3 Å². The lowest BCUT2D eigenvalue weighted by Gasteiger charge is -2.20. The Morgan fingerprint density at radius 2 is 1.79 bits per heavy atom. The first-order chi connectivity index (χ1) is 14.1. The van der Waals surface area contributed by atoms with Gasteiger partial charge in [-0.05, 0) is 64.7 Å². The van der Waals surface area contributed by atoms with Crippen molar-refractivity contribution < 1.29 is 10.0 Å². The predicted molar refractivity (Wildman–Crippen MR) is 122 cm³/mol. The highest BCUT2D eigenvalue weighted by Gasteiger charge is 2.17. The third-order valence-electron chi connectivity index (χ3n) is 4.82. The maximum atomic E-state index is 11.6. The Kier molecular flexibility index (Phi) is 5.94. The van der Waals surface area contributed by atoms with Crippen molar-refractivity contribution in [3.63, 3.8) is 0 Å². The predicted octanol–water partition coefficient (Wildman–Crippen LogP) is 6.18. The number of hydrogen-bond acceptors (Lipinski definition) is 4. The fraction of sp³-hybridized carbons (Fsp3) is 0.0870. The minimum Gasteiger partial charge on any atom is -0.378 e. The van der Waals surface area contributed by atoms with Crippen molar-refractivity contribution in [3.8, 4) is 0 Å². The Hall–Kier alpha value is -2.67. The van der Waals surface area contributed by atoms with Crippen LogP contribution in [0.15, 0.2) is 82.6 Å². The van der Waals surface area contributed by atoms with E-state index < -0.39 is 5.91 Å². The van der Waals surface area contributed by atoms with Crippen LogP contribution in [0.3, 0.4) is 0 Å². The van der Waals surface area contributed by atoms with Gasteiger partial charge < -0.3 is 5.32 Å². The fourth-order valence-corrected chi connectivity index (χ4v) is 4.93. The van der Waals surface area contributed by atoms with Crippen LogP contribution in [0.1, 0.15) is 27.5 Å². The number of anilines is 1. The summed E-state index contributed by atoms with van der Waals surface area (Å²) in [6, 6.07) is 23.9. The molecule has 6 heteroatoms. The second-order valence-electron chi connectivity index (χ2n) is 6.74. The molecule has 1 amide bonds. The van der Waals surface area contributed by atoms with E-state index in [9.17, 15) is 4.79 Å². The van der Waals surface area contributed by atoms with Crippen LogP contribution in [0.25, 0.3) is 10.1 Å². The molecule has 4 aromatic rings. The van der Waals surface area contributed by atoms with Crippen molar-refractivity contribution in [3.05, 3.63) is 99.3 Å². The Labute approximate surface area is 181 Å². The molecule has 3 aromatic carbocycles. The van der Waals surface area contributed by atoms with Gasteiger partial charge in [-0.1, -0.05) is 52.3 Å². The summed E-state index contributed by atoms with van der Waals surface area (Å²) in [5, 5.41) is 15.9. The summed E-state index contributed by atoms with van der Waals surface area (Å²) in [4.78, 5) is 11.6. The zero-order chi connectivity index (χ0) is 20.2. The number of carbonyl (C=O) groups excluding carboxylic acids is 1. The maximum Gasteiger partial charge on any atom is 0.274 e. The molecular weight excluding hydrogens is 448 g/mol. The van der Waals surface area contributed by atoms with Crippen LogP contribution in [-0.4, -0.2) is 11.1 Å². The maximum absolute atomic E-state index is 11.6. The van der Waals surface area contributed by atoms with Crippen molar-refractivity contribution in [1.29, 1.82) is 0 Å². The molecule has 0 saturated heterocycles. The van der Waals surface area contributed by atoms with Gasteiger partial charge in [0.1, 0.15) is 0 Å². The molecule has 0 bridgehead atoms. The number of amides is 1. The van der Waals surface area contributed by atoms with E-state index in [-0.39, 0.29) is 6.04 Å². The first kappa shape index (κ1) is 19.6. The van der Waals surface area contributed by atoms with E-state index in [0.29, 0.717) is 5.56 Å². The smallest absolute Gasteiger partial charge is 0.274 e. The average molecular weight is 467 g/mol. The molecule has 0 fully saturated rings. The summed E-state index contributed by atoms with van der Waals surface area (Å²) in [6.07, 6.45) is 0.835. The number of halogens is 1. The SMILES string of the molecule is O=C(NO)c1ccc(NC(Cc2ccccc2)c2csc3cc(Br)ccc23)cc1. The van der Waals surface area contributed by atoms with E-state index in [2.05, 4.69) is 69.1 Å². The molecule has 0 radical (unpaired) electrons. The van der Waals surface area contributed by atoms with Crippen molar-refractivity contribution in [2.75, 3.05) is 5.32 Å². The van der Waals surface area contributed by atoms with E-state index in [4.69, 9.17) is 5.21 Å². The molecule has 1 aromatic heterocycles. The molecule has 146 valence electrons. The number of carbonyl (C=O) groups is 1. The Morgan fingerprint density at radius 1 is 1.03 bits per heavy atom. The van der Waals surface area contributed by atoms with Gasteiger partial charge in [-0.2, -0.15) is 0 Å². The van der Waals surface area contributed by atoms with E-state index in [1.54, 1.807) is 28.9 Å². The van der Waals surface area contributed by atoms with Crippen LogP contribution in [0.5, 0.6) is 0 Å². The largest absolute Gasteiger partial charge is 0.378 e.